The van der Waals surface area contributed by atoms with Crippen LogP contribution in [0.15, 0.2) is 34.6 Å². The third-order valence-electron chi connectivity index (χ3n) is 2.18. The molecule has 0 saturated carbocycles. The van der Waals surface area contributed by atoms with Gasteiger partial charge in [-0.25, -0.2) is 0 Å². The van der Waals surface area contributed by atoms with Gasteiger partial charge in [0.15, 0.2) is 0 Å². The van der Waals surface area contributed by atoms with Crippen molar-refractivity contribution in [2.75, 3.05) is 6.54 Å². The van der Waals surface area contributed by atoms with Gasteiger partial charge in [0.1, 0.15) is 6.04 Å². The fourth-order valence-electron chi connectivity index (χ4n) is 1.25. The van der Waals surface area contributed by atoms with Gasteiger partial charge in [0.2, 0.25) is 0 Å². The van der Waals surface area contributed by atoms with E-state index in [1.807, 2.05) is 24.3 Å². The SMILES string of the molecule is CC(N=O)c1ccc(CCN=[N+]=[N-])cc1. The zero-order valence-electron chi connectivity index (χ0n) is 8.50. The van der Waals surface area contributed by atoms with Crippen LogP contribution in [0.1, 0.15) is 24.1 Å². The van der Waals surface area contributed by atoms with Crippen LogP contribution in [0.2, 0.25) is 0 Å². The van der Waals surface area contributed by atoms with Gasteiger partial charge in [-0.2, -0.15) is 4.91 Å². The lowest BCUT2D eigenvalue weighted by Crippen LogP contribution is -1.91. The number of nitrogens with zero attached hydrogens (tertiary/aromatic N) is 4. The Hall–Kier alpha value is -1.87. The van der Waals surface area contributed by atoms with Crippen LogP contribution >= 0.6 is 0 Å². The highest BCUT2D eigenvalue weighted by Crippen LogP contribution is 2.16. The first kappa shape index (κ1) is 11.2. The Kier molecular flexibility index (Phi) is 4.31. The molecule has 0 aliphatic rings. The van der Waals surface area contributed by atoms with Gasteiger partial charge in [-0.15, -0.1) is 0 Å². The Bertz CT molecular complexity index is 368. The van der Waals surface area contributed by atoms with Gasteiger partial charge in [0.25, 0.3) is 0 Å². The quantitative estimate of drug-likeness (QED) is 0.313. The van der Waals surface area contributed by atoms with E-state index >= 15 is 0 Å². The van der Waals surface area contributed by atoms with Crippen molar-refractivity contribution in [2.45, 2.75) is 19.4 Å². The lowest BCUT2D eigenvalue weighted by atomic mass is 10.1. The maximum absolute atomic E-state index is 10.3. The molecule has 0 aliphatic carbocycles. The van der Waals surface area contributed by atoms with Gasteiger partial charge in [-0.3, -0.25) is 0 Å². The molecule has 0 bridgehead atoms. The molecule has 0 heterocycles. The van der Waals surface area contributed by atoms with E-state index < -0.39 is 0 Å². The monoisotopic (exact) mass is 204 g/mol. The molecule has 5 heteroatoms. The molecule has 78 valence electrons. The summed E-state index contributed by atoms with van der Waals surface area (Å²) in [4.78, 5) is 13.0. The molecule has 1 aromatic carbocycles. The zero-order valence-corrected chi connectivity index (χ0v) is 8.50. The molecule has 15 heavy (non-hydrogen) atoms. The topological polar surface area (TPSA) is 78.2 Å². The van der Waals surface area contributed by atoms with Gasteiger partial charge < -0.3 is 0 Å². The van der Waals surface area contributed by atoms with Crippen LogP contribution in [-0.2, 0) is 6.42 Å². The molecule has 1 rings (SSSR count). The van der Waals surface area contributed by atoms with Crippen LogP contribution in [0.25, 0.3) is 10.4 Å². The van der Waals surface area contributed by atoms with E-state index in [0.29, 0.717) is 13.0 Å². The minimum absolute atomic E-state index is 0.309. The lowest BCUT2D eigenvalue weighted by molar-refractivity contribution is 0.810. The van der Waals surface area contributed by atoms with Crippen molar-refractivity contribution < 1.29 is 0 Å². The Morgan fingerprint density at radius 1 is 1.40 bits per heavy atom. The summed E-state index contributed by atoms with van der Waals surface area (Å²) in [5.74, 6) is 0. The van der Waals surface area contributed by atoms with E-state index in [0.717, 1.165) is 11.1 Å². The maximum Gasteiger partial charge on any atom is 0.114 e. The van der Waals surface area contributed by atoms with E-state index in [9.17, 15) is 4.91 Å². The molecular weight excluding hydrogens is 192 g/mol. The van der Waals surface area contributed by atoms with E-state index in [-0.39, 0.29) is 6.04 Å². The highest BCUT2D eigenvalue weighted by atomic mass is 16.3. The van der Waals surface area contributed by atoms with E-state index in [4.69, 9.17) is 5.53 Å². The summed E-state index contributed by atoms with van der Waals surface area (Å²) in [6.07, 6.45) is 0.716. The average molecular weight is 204 g/mol. The second-order valence-corrected chi connectivity index (χ2v) is 3.23. The van der Waals surface area contributed by atoms with Crippen LogP contribution in [0, 0.1) is 4.91 Å². The summed E-state index contributed by atoms with van der Waals surface area (Å²) in [5, 5.41) is 6.40. The van der Waals surface area contributed by atoms with Crippen LogP contribution < -0.4 is 0 Å². The molecule has 0 saturated heterocycles. The molecule has 0 amide bonds. The first-order valence-electron chi connectivity index (χ1n) is 4.70. The molecule has 1 unspecified atom stereocenters. The first-order valence-corrected chi connectivity index (χ1v) is 4.70. The Labute approximate surface area is 87.7 Å². The van der Waals surface area contributed by atoms with Crippen molar-refractivity contribution in [1.82, 2.24) is 0 Å². The minimum Gasteiger partial charge on any atom is -0.150 e. The third-order valence-corrected chi connectivity index (χ3v) is 2.18. The van der Waals surface area contributed by atoms with Gasteiger partial charge >= 0.3 is 0 Å². The molecule has 1 atom stereocenters. The number of hydrogen-bond donors (Lipinski definition) is 0. The smallest absolute Gasteiger partial charge is 0.114 e. The molecular formula is C10H12N4O. The van der Waals surface area contributed by atoms with Gasteiger partial charge in [-0.05, 0) is 30.0 Å². The third kappa shape index (κ3) is 3.40. The number of nitroso groups, excluding NO2 is 1. The summed E-state index contributed by atoms with van der Waals surface area (Å²) in [7, 11) is 0. The molecule has 0 spiro atoms. The number of azide groups is 1. The minimum atomic E-state index is -0.309. The molecule has 0 fully saturated rings. The number of benzene rings is 1. The van der Waals surface area contributed by atoms with E-state index in [1.54, 1.807) is 6.92 Å². The lowest BCUT2D eigenvalue weighted by Gasteiger charge is -2.03. The molecule has 0 radical (unpaired) electrons. The van der Waals surface area contributed by atoms with Crippen molar-refractivity contribution in [2.24, 2.45) is 10.3 Å². The van der Waals surface area contributed by atoms with Crippen molar-refractivity contribution in [3.63, 3.8) is 0 Å². The van der Waals surface area contributed by atoms with E-state index in [2.05, 4.69) is 15.2 Å². The normalized spacial score (nSPS) is 11.5. The van der Waals surface area contributed by atoms with Crippen molar-refractivity contribution >= 4 is 0 Å². The van der Waals surface area contributed by atoms with Crippen LogP contribution in [0.5, 0.6) is 0 Å². The molecule has 0 N–H and O–H groups in total. The summed E-state index contributed by atoms with van der Waals surface area (Å²) < 4.78 is 0. The number of rotatable bonds is 5. The second kappa shape index (κ2) is 5.78. The molecule has 0 aliphatic heterocycles. The van der Waals surface area contributed by atoms with Crippen LogP contribution in [0.3, 0.4) is 0 Å². The maximum atomic E-state index is 10.3. The second-order valence-electron chi connectivity index (χ2n) is 3.23. The molecule has 5 nitrogen and oxygen atoms in total. The summed E-state index contributed by atoms with van der Waals surface area (Å²) in [6, 6.07) is 7.28. The molecule has 0 aromatic heterocycles. The standard InChI is InChI=1S/C10H12N4O/c1-8(13-15)10-4-2-9(3-5-10)6-7-12-14-11/h2-5,8H,6-7H2,1H3. The zero-order chi connectivity index (χ0) is 11.1. The Morgan fingerprint density at radius 3 is 2.60 bits per heavy atom. The summed E-state index contributed by atoms with van der Waals surface area (Å²) in [5.41, 5.74) is 10.1. The average Bonchev–Trinajstić information content (AvgIpc) is 2.29. The van der Waals surface area contributed by atoms with Crippen molar-refractivity contribution in [3.05, 3.63) is 50.7 Å². The van der Waals surface area contributed by atoms with Gasteiger partial charge in [-0.1, -0.05) is 34.6 Å². The number of hydrogen-bond acceptors (Lipinski definition) is 3. The fourth-order valence-corrected chi connectivity index (χ4v) is 1.25. The van der Waals surface area contributed by atoms with Crippen LogP contribution in [-0.4, -0.2) is 6.54 Å². The first-order chi connectivity index (χ1) is 7.27. The van der Waals surface area contributed by atoms with E-state index in [1.165, 1.54) is 0 Å². The fraction of sp³-hybridized carbons (Fsp3) is 0.400. The predicted molar refractivity (Wildman–Crippen MR) is 58.4 cm³/mol. The summed E-state index contributed by atoms with van der Waals surface area (Å²) in [6.45, 7) is 2.21. The largest absolute Gasteiger partial charge is 0.150 e. The Balaban J connectivity index is 2.63. The highest BCUT2D eigenvalue weighted by Gasteiger charge is 2.03. The highest BCUT2D eigenvalue weighted by molar-refractivity contribution is 5.24. The summed E-state index contributed by atoms with van der Waals surface area (Å²) >= 11 is 0. The van der Waals surface area contributed by atoms with Gasteiger partial charge in [0.05, 0.1) is 0 Å². The molecule has 1 aromatic rings. The van der Waals surface area contributed by atoms with Crippen molar-refractivity contribution in [3.8, 4) is 0 Å². The van der Waals surface area contributed by atoms with Crippen LogP contribution in [0.4, 0.5) is 0 Å². The predicted octanol–water partition coefficient (Wildman–Crippen LogP) is 3.37. The van der Waals surface area contributed by atoms with Gasteiger partial charge in [0, 0.05) is 11.5 Å². The Morgan fingerprint density at radius 2 is 2.07 bits per heavy atom. The van der Waals surface area contributed by atoms with Crippen molar-refractivity contribution in [1.29, 1.82) is 0 Å².